The highest BCUT2D eigenvalue weighted by atomic mass is 16.5. The number of carbonyl (C=O) groups excluding carboxylic acids is 2. The summed E-state index contributed by atoms with van der Waals surface area (Å²) in [5, 5.41) is 2.86. The van der Waals surface area contributed by atoms with Gasteiger partial charge in [0.1, 0.15) is 0 Å². The quantitative estimate of drug-likeness (QED) is 0.683. The van der Waals surface area contributed by atoms with E-state index in [1.165, 1.54) is 12.4 Å². The van der Waals surface area contributed by atoms with Crippen LogP contribution in [0.5, 0.6) is 0 Å². The molecule has 1 aromatic heterocycles. The van der Waals surface area contributed by atoms with Crippen LogP contribution in [0.25, 0.3) is 0 Å². The monoisotopic (exact) mass is 375 g/mol. The standard InChI is InChI=1S/C22H21N3O3/c1-14-9-10-15(2)18(11-14)25-21(26)20(17-7-5-4-6-8-17)28-22(27)19-13-23-16(3)12-24-19/h4-13,20H,1-3H3,(H,25,26)/t20-/m0/s1. The second kappa shape index (κ2) is 8.43. The molecule has 0 radical (unpaired) electrons. The number of rotatable bonds is 5. The normalized spacial score (nSPS) is 11.5. The van der Waals surface area contributed by atoms with E-state index in [1.54, 1.807) is 31.2 Å². The summed E-state index contributed by atoms with van der Waals surface area (Å²) >= 11 is 0. The Hall–Kier alpha value is -3.54. The molecule has 0 fully saturated rings. The summed E-state index contributed by atoms with van der Waals surface area (Å²) in [5.41, 5.74) is 3.91. The lowest BCUT2D eigenvalue weighted by Crippen LogP contribution is -2.26. The number of esters is 1. The van der Waals surface area contributed by atoms with E-state index in [1.807, 2.05) is 38.1 Å². The maximum Gasteiger partial charge on any atom is 0.359 e. The summed E-state index contributed by atoms with van der Waals surface area (Å²) in [6.45, 7) is 5.62. The van der Waals surface area contributed by atoms with Crippen molar-refractivity contribution < 1.29 is 14.3 Å². The minimum atomic E-state index is -1.11. The van der Waals surface area contributed by atoms with Crippen LogP contribution in [0.4, 0.5) is 5.69 Å². The van der Waals surface area contributed by atoms with Crippen LogP contribution in [0.15, 0.2) is 60.9 Å². The first-order valence-corrected chi connectivity index (χ1v) is 8.87. The topological polar surface area (TPSA) is 81.2 Å². The number of nitrogens with one attached hydrogen (secondary N) is 1. The zero-order valence-corrected chi connectivity index (χ0v) is 16.0. The Balaban J connectivity index is 1.86. The van der Waals surface area contributed by atoms with Crippen molar-refractivity contribution in [1.82, 2.24) is 9.97 Å². The van der Waals surface area contributed by atoms with Crippen molar-refractivity contribution in [1.29, 1.82) is 0 Å². The Morgan fingerprint density at radius 1 is 0.964 bits per heavy atom. The van der Waals surface area contributed by atoms with Crippen molar-refractivity contribution in [2.24, 2.45) is 0 Å². The highest BCUT2D eigenvalue weighted by molar-refractivity contribution is 5.98. The third kappa shape index (κ3) is 4.59. The molecular formula is C22H21N3O3. The number of carbonyl (C=O) groups is 2. The number of nitrogens with zero attached hydrogens (tertiary/aromatic N) is 2. The summed E-state index contributed by atoms with van der Waals surface area (Å²) in [7, 11) is 0. The molecule has 0 spiro atoms. The van der Waals surface area contributed by atoms with E-state index in [-0.39, 0.29) is 5.69 Å². The average Bonchev–Trinajstić information content (AvgIpc) is 2.70. The number of hydrogen-bond donors (Lipinski definition) is 1. The molecule has 0 saturated carbocycles. The van der Waals surface area contributed by atoms with Gasteiger partial charge in [-0.3, -0.25) is 9.78 Å². The molecule has 3 aromatic rings. The summed E-state index contributed by atoms with van der Waals surface area (Å²) in [6, 6.07) is 14.6. The van der Waals surface area contributed by atoms with Gasteiger partial charge in [0, 0.05) is 17.4 Å². The SMILES string of the molecule is Cc1ccc(C)c(NC(=O)[C@@H](OC(=O)c2cnc(C)cn2)c2ccccc2)c1. The zero-order valence-electron chi connectivity index (χ0n) is 16.0. The van der Waals surface area contributed by atoms with Gasteiger partial charge < -0.3 is 10.1 Å². The first kappa shape index (κ1) is 19.2. The van der Waals surface area contributed by atoms with Crippen LogP contribution >= 0.6 is 0 Å². The van der Waals surface area contributed by atoms with Gasteiger partial charge >= 0.3 is 5.97 Å². The van der Waals surface area contributed by atoms with E-state index in [9.17, 15) is 9.59 Å². The van der Waals surface area contributed by atoms with Crippen molar-refractivity contribution in [3.63, 3.8) is 0 Å². The molecule has 28 heavy (non-hydrogen) atoms. The third-order valence-corrected chi connectivity index (χ3v) is 4.21. The lowest BCUT2D eigenvalue weighted by Gasteiger charge is -2.19. The van der Waals surface area contributed by atoms with Gasteiger partial charge in [0.2, 0.25) is 6.10 Å². The molecule has 0 saturated heterocycles. The molecule has 6 nitrogen and oxygen atoms in total. The van der Waals surface area contributed by atoms with Gasteiger partial charge in [0.05, 0.1) is 11.9 Å². The van der Waals surface area contributed by atoms with E-state index in [4.69, 9.17) is 4.74 Å². The molecule has 0 unspecified atom stereocenters. The van der Waals surface area contributed by atoms with Crippen molar-refractivity contribution in [3.8, 4) is 0 Å². The summed E-state index contributed by atoms with van der Waals surface area (Å²) in [6.07, 6.45) is 1.70. The van der Waals surface area contributed by atoms with Crippen LogP contribution in [0, 0.1) is 20.8 Å². The molecule has 0 aliphatic rings. The van der Waals surface area contributed by atoms with Gasteiger partial charge in [-0.25, -0.2) is 9.78 Å². The van der Waals surface area contributed by atoms with E-state index in [0.717, 1.165) is 11.1 Å². The van der Waals surface area contributed by atoms with Gasteiger partial charge in [-0.1, -0.05) is 42.5 Å². The van der Waals surface area contributed by atoms with E-state index in [0.29, 0.717) is 16.9 Å². The number of aryl methyl sites for hydroxylation is 3. The van der Waals surface area contributed by atoms with Crippen LogP contribution < -0.4 is 5.32 Å². The Bertz CT molecular complexity index is 986. The molecule has 1 heterocycles. The maximum absolute atomic E-state index is 13.0. The molecule has 1 amide bonds. The van der Waals surface area contributed by atoms with Gasteiger partial charge in [-0.2, -0.15) is 0 Å². The summed E-state index contributed by atoms with van der Waals surface area (Å²) in [4.78, 5) is 33.6. The Labute approximate surface area is 163 Å². The lowest BCUT2D eigenvalue weighted by atomic mass is 10.1. The van der Waals surface area contributed by atoms with Gasteiger partial charge in [0.25, 0.3) is 5.91 Å². The fraction of sp³-hybridized carbons (Fsp3) is 0.182. The largest absolute Gasteiger partial charge is 0.443 e. The summed E-state index contributed by atoms with van der Waals surface area (Å²) in [5.74, 6) is -1.15. The van der Waals surface area contributed by atoms with Crippen molar-refractivity contribution >= 4 is 17.6 Å². The predicted octanol–water partition coefficient (Wildman–Crippen LogP) is 3.94. The minimum absolute atomic E-state index is 0.0473. The van der Waals surface area contributed by atoms with Gasteiger partial charge in [-0.05, 0) is 38.0 Å². The molecule has 0 bridgehead atoms. The Kier molecular flexibility index (Phi) is 5.79. The molecular weight excluding hydrogens is 354 g/mol. The fourth-order valence-electron chi connectivity index (χ4n) is 2.63. The van der Waals surface area contributed by atoms with Crippen molar-refractivity contribution in [2.75, 3.05) is 5.32 Å². The van der Waals surface area contributed by atoms with E-state index >= 15 is 0 Å². The number of anilines is 1. The highest BCUT2D eigenvalue weighted by Crippen LogP contribution is 2.23. The lowest BCUT2D eigenvalue weighted by molar-refractivity contribution is -0.125. The van der Waals surface area contributed by atoms with E-state index in [2.05, 4.69) is 15.3 Å². The number of aromatic nitrogens is 2. The molecule has 2 aromatic carbocycles. The Morgan fingerprint density at radius 2 is 1.71 bits per heavy atom. The van der Waals surface area contributed by atoms with Crippen molar-refractivity contribution in [2.45, 2.75) is 26.9 Å². The highest BCUT2D eigenvalue weighted by Gasteiger charge is 2.26. The van der Waals surface area contributed by atoms with E-state index < -0.39 is 18.0 Å². The fourth-order valence-corrected chi connectivity index (χ4v) is 2.63. The number of amides is 1. The first-order valence-electron chi connectivity index (χ1n) is 8.87. The number of ether oxygens (including phenoxy) is 1. The first-order chi connectivity index (χ1) is 13.4. The third-order valence-electron chi connectivity index (χ3n) is 4.21. The zero-order chi connectivity index (χ0) is 20.1. The molecule has 1 atom stereocenters. The van der Waals surface area contributed by atoms with Crippen molar-refractivity contribution in [3.05, 3.63) is 89.0 Å². The predicted molar refractivity (Wildman–Crippen MR) is 106 cm³/mol. The second-order valence-electron chi connectivity index (χ2n) is 6.55. The second-order valence-corrected chi connectivity index (χ2v) is 6.55. The molecule has 0 aliphatic heterocycles. The van der Waals surface area contributed by atoms with Crippen LogP contribution in [0.2, 0.25) is 0 Å². The van der Waals surface area contributed by atoms with Crippen LogP contribution in [0.1, 0.15) is 39.0 Å². The Morgan fingerprint density at radius 3 is 2.39 bits per heavy atom. The van der Waals surface area contributed by atoms with Crippen LogP contribution in [0.3, 0.4) is 0 Å². The molecule has 142 valence electrons. The molecule has 3 rings (SSSR count). The number of benzene rings is 2. The molecule has 0 aliphatic carbocycles. The minimum Gasteiger partial charge on any atom is -0.443 e. The van der Waals surface area contributed by atoms with Crippen LogP contribution in [-0.4, -0.2) is 21.8 Å². The average molecular weight is 375 g/mol. The van der Waals surface area contributed by atoms with Gasteiger partial charge in [-0.15, -0.1) is 0 Å². The van der Waals surface area contributed by atoms with Crippen LogP contribution in [-0.2, 0) is 9.53 Å². The summed E-state index contributed by atoms with van der Waals surface area (Å²) < 4.78 is 5.51. The molecule has 6 heteroatoms. The number of hydrogen-bond acceptors (Lipinski definition) is 5. The smallest absolute Gasteiger partial charge is 0.359 e. The van der Waals surface area contributed by atoms with Gasteiger partial charge in [0.15, 0.2) is 5.69 Å². The maximum atomic E-state index is 13.0. The molecule has 1 N–H and O–H groups in total.